The molecule has 5 aromatic rings. The van der Waals surface area contributed by atoms with Gasteiger partial charge >= 0.3 is 0 Å². The summed E-state index contributed by atoms with van der Waals surface area (Å²) >= 11 is 1.40. The lowest BCUT2D eigenvalue weighted by Gasteiger charge is -2.27. The number of thiophene rings is 1. The fourth-order valence-electron chi connectivity index (χ4n) is 4.37. The quantitative estimate of drug-likeness (QED) is 0.222. The summed E-state index contributed by atoms with van der Waals surface area (Å²) in [7, 11) is 3.24. The van der Waals surface area contributed by atoms with Crippen molar-refractivity contribution >= 4 is 28.1 Å². The van der Waals surface area contributed by atoms with E-state index in [4.69, 9.17) is 14.2 Å². The smallest absolute Gasteiger partial charge is 0.261 e. The molecule has 9 heteroatoms. The number of nitrogens with zero attached hydrogens (tertiary/aromatic N) is 2. The van der Waals surface area contributed by atoms with Crippen LogP contribution in [0, 0.1) is 5.82 Å². The molecule has 2 atom stereocenters. The standard InChI is InChI=1S/C30H28FN3O4S/c1-19(33-30(35)28-14-12-26(39-28)18-36-2)29(20-5-4-6-24(15-20)37-3)38-25-11-13-27-21(16-25)17-32-34(27)23-9-7-22(31)8-10-23/h4-17,19,29H,18H2,1-3H3,(H,33,35)/t19-,29-/m0/s1. The number of aromatic nitrogens is 2. The van der Waals surface area contributed by atoms with Crippen LogP contribution in [-0.2, 0) is 11.3 Å². The number of halogens is 1. The topological polar surface area (TPSA) is 74.6 Å². The average Bonchev–Trinajstić information content (AvgIpc) is 3.59. The van der Waals surface area contributed by atoms with Crippen LogP contribution in [0.1, 0.15) is 33.1 Å². The maximum absolute atomic E-state index is 13.4. The van der Waals surface area contributed by atoms with Crippen LogP contribution in [0.5, 0.6) is 11.5 Å². The van der Waals surface area contributed by atoms with Crippen LogP contribution in [0.2, 0.25) is 0 Å². The molecule has 0 unspecified atom stereocenters. The molecule has 3 aromatic carbocycles. The van der Waals surface area contributed by atoms with Gasteiger partial charge in [0.2, 0.25) is 0 Å². The summed E-state index contributed by atoms with van der Waals surface area (Å²) in [4.78, 5) is 14.6. The second-order valence-electron chi connectivity index (χ2n) is 9.03. The normalized spacial score (nSPS) is 12.7. The molecule has 0 spiro atoms. The first-order valence-electron chi connectivity index (χ1n) is 12.4. The van der Waals surface area contributed by atoms with Gasteiger partial charge in [-0.15, -0.1) is 11.3 Å². The molecule has 0 saturated heterocycles. The van der Waals surface area contributed by atoms with E-state index in [1.807, 2.05) is 55.5 Å². The minimum atomic E-state index is -0.507. The van der Waals surface area contributed by atoms with E-state index >= 15 is 0 Å². The number of nitrogens with one attached hydrogen (secondary N) is 1. The highest BCUT2D eigenvalue weighted by atomic mass is 32.1. The number of methoxy groups -OCH3 is 2. The van der Waals surface area contributed by atoms with E-state index in [1.54, 1.807) is 43.3 Å². The Balaban J connectivity index is 1.41. The summed E-state index contributed by atoms with van der Waals surface area (Å²) in [6.45, 7) is 2.38. The summed E-state index contributed by atoms with van der Waals surface area (Å²) < 4.78 is 32.3. The molecule has 2 aromatic heterocycles. The number of fused-ring (bicyclic) bond motifs is 1. The highest BCUT2D eigenvalue weighted by Crippen LogP contribution is 2.31. The van der Waals surface area contributed by atoms with Crippen molar-refractivity contribution in [2.24, 2.45) is 0 Å². The van der Waals surface area contributed by atoms with Gasteiger partial charge in [0.25, 0.3) is 5.91 Å². The van der Waals surface area contributed by atoms with Gasteiger partial charge in [-0.25, -0.2) is 9.07 Å². The number of ether oxygens (including phenoxy) is 3. The average molecular weight is 546 g/mol. The van der Waals surface area contributed by atoms with Gasteiger partial charge in [0.15, 0.2) is 0 Å². The SMILES string of the molecule is COCc1ccc(C(=O)N[C@@H](C)[C@H](Oc2ccc3c(cnn3-c3ccc(F)cc3)c2)c2cccc(OC)c2)s1. The van der Waals surface area contributed by atoms with Crippen LogP contribution in [0.3, 0.4) is 0 Å². The number of hydrogen-bond acceptors (Lipinski definition) is 6. The van der Waals surface area contributed by atoms with E-state index in [1.165, 1.54) is 23.5 Å². The second-order valence-corrected chi connectivity index (χ2v) is 10.2. The molecular weight excluding hydrogens is 517 g/mol. The van der Waals surface area contributed by atoms with Crippen LogP contribution in [0.15, 0.2) is 85.1 Å². The lowest BCUT2D eigenvalue weighted by molar-refractivity contribution is 0.0886. The summed E-state index contributed by atoms with van der Waals surface area (Å²) in [6.07, 6.45) is 1.23. The Morgan fingerprint density at radius 2 is 1.85 bits per heavy atom. The molecule has 0 radical (unpaired) electrons. The van der Waals surface area contributed by atoms with E-state index in [-0.39, 0.29) is 17.8 Å². The molecule has 0 aliphatic rings. The molecule has 0 bridgehead atoms. The van der Waals surface area contributed by atoms with Crippen molar-refractivity contribution in [2.75, 3.05) is 14.2 Å². The third-order valence-electron chi connectivity index (χ3n) is 6.28. The minimum absolute atomic E-state index is 0.178. The lowest BCUT2D eigenvalue weighted by Crippen LogP contribution is -2.39. The van der Waals surface area contributed by atoms with E-state index in [9.17, 15) is 9.18 Å². The van der Waals surface area contributed by atoms with Crippen molar-refractivity contribution in [3.8, 4) is 17.2 Å². The third kappa shape index (κ3) is 5.94. The van der Waals surface area contributed by atoms with Crippen LogP contribution in [-0.4, -0.2) is 35.9 Å². The zero-order chi connectivity index (χ0) is 27.4. The number of carbonyl (C=O) groups excluding carboxylic acids is 1. The molecule has 39 heavy (non-hydrogen) atoms. The van der Waals surface area contributed by atoms with Crippen molar-refractivity contribution < 1.29 is 23.4 Å². The minimum Gasteiger partial charge on any atom is -0.497 e. The van der Waals surface area contributed by atoms with Gasteiger partial charge in [-0.3, -0.25) is 4.79 Å². The fourth-order valence-corrected chi connectivity index (χ4v) is 5.25. The Labute approximate surface area is 229 Å². The van der Waals surface area contributed by atoms with Gasteiger partial charge in [0.1, 0.15) is 23.4 Å². The van der Waals surface area contributed by atoms with Crippen LogP contribution >= 0.6 is 11.3 Å². The zero-order valence-electron chi connectivity index (χ0n) is 21.8. The second kappa shape index (κ2) is 11.7. The van der Waals surface area contributed by atoms with Gasteiger partial charge in [0, 0.05) is 17.4 Å². The van der Waals surface area contributed by atoms with Crippen LogP contribution < -0.4 is 14.8 Å². The monoisotopic (exact) mass is 545 g/mol. The lowest BCUT2D eigenvalue weighted by atomic mass is 10.0. The van der Waals surface area contributed by atoms with Crippen molar-refractivity contribution in [2.45, 2.75) is 25.7 Å². The third-order valence-corrected chi connectivity index (χ3v) is 7.34. The summed E-state index contributed by atoms with van der Waals surface area (Å²) in [5.41, 5.74) is 2.47. The molecule has 0 aliphatic heterocycles. The van der Waals surface area contributed by atoms with E-state index in [0.29, 0.717) is 23.0 Å². The van der Waals surface area contributed by atoms with Gasteiger partial charge in [-0.05, 0) is 79.2 Å². The highest BCUT2D eigenvalue weighted by molar-refractivity contribution is 7.14. The molecule has 2 heterocycles. The van der Waals surface area contributed by atoms with Crippen molar-refractivity contribution in [3.05, 3.63) is 106 Å². The van der Waals surface area contributed by atoms with E-state index < -0.39 is 6.10 Å². The van der Waals surface area contributed by atoms with Crippen molar-refractivity contribution in [3.63, 3.8) is 0 Å². The highest BCUT2D eigenvalue weighted by Gasteiger charge is 2.25. The Hall–Kier alpha value is -4.21. The maximum Gasteiger partial charge on any atom is 0.261 e. The molecular formula is C30H28FN3O4S. The molecule has 7 nitrogen and oxygen atoms in total. The summed E-state index contributed by atoms with van der Waals surface area (Å²) in [6, 6.07) is 22.8. The van der Waals surface area contributed by atoms with Crippen molar-refractivity contribution in [1.82, 2.24) is 15.1 Å². The number of carbonyl (C=O) groups is 1. The van der Waals surface area contributed by atoms with E-state index in [2.05, 4.69) is 10.4 Å². The first kappa shape index (κ1) is 26.4. The zero-order valence-corrected chi connectivity index (χ0v) is 22.6. The summed E-state index contributed by atoms with van der Waals surface area (Å²) in [5, 5.41) is 8.43. The Kier molecular flexibility index (Phi) is 7.90. The molecule has 0 fully saturated rings. The van der Waals surface area contributed by atoms with Crippen molar-refractivity contribution in [1.29, 1.82) is 0 Å². The molecule has 0 saturated carbocycles. The van der Waals surface area contributed by atoms with Gasteiger partial charge in [-0.2, -0.15) is 5.10 Å². The summed E-state index contributed by atoms with van der Waals surface area (Å²) in [5.74, 6) is 0.833. The molecule has 200 valence electrons. The van der Waals surface area contributed by atoms with E-state index in [0.717, 1.165) is 27.0 Å². The molecule has 5 rings (SSSR count). The first-order valence-corrected chi connectivity index (χ1v) is 13.2. The number of rotatable bonds is 10. The number of hydrogen-bond donors (Lipinski definition) is 1. The van der Waals surface area contributed by atoms with Crippen LogP contribution in [0.25, 0.3) is 16.6 Å². The number of amides is 1. The molecule has 1 amide bonds. The molecule has 0 aliphatic carbocycles. The van der Waals surface area contributed by atoms with Gasteiger partial charge < -0.3 is 19.5 Å². The first-order chi connectivity index (χ1) is 18.9. The van der Waals surface area contributed by atoms with Crippen LogP contribution in [0.4, 0.5) is 4.39 Å². The predicted molar refractivity (Wildman–Crippen MR) is 149 cm³/mol. The maximum atomic E-state index is 13.4. The predicted octanol–water partition coefficient (Wildman–Crippen LogP) is 6.32. The Morgan fingerprint density at radius 1 is 1.03 bits per heavy atom. The number of benzene rings is 3. The Morgan fingerprint density at radius 3 is 2.62 bits per heavy atom. The largest absolute Gasteiger partial charge is 0.497 e. The Bertz CT molecular complexity index is 1580. The molecule has 1 N–H and O–H groups in total. The van der Waals surface area contributed by atoms with Gasteiger partial charge in [0.05, 0.1) is 42.0 Å². The fraction of sp³-hybridized carbons (Fsp3) is 0.200. The van der Waals surface area contributed by atoms with Gasteiger partial charge in [-0.1, -0.05) is 12.1 Å².